The minimum absolute atomic E-state index is 0.298. The van der Waals surface area contributed by atoms with E-state index in [2.05, 4.69) is 52.3 Å². The number of nitrogens with one attached hydrogen (secondary N) is 1. The van der Waals surface area contributed by atoms with Gasteiger partial charge in [-0.3, -0.25) is 4.57 Å². The summed E-state index contributed by atoms with van der Waals surface area (Å²) in [6, 6.07) is 16.9. The van der Waals surface area contributed by atoms with Crippen LogP contribution in [0.1, 0.15) is 48.8 Å². The van der Waals surface area contributed by atoms with Crippen LogP contribution in [0.25, 0.3) is 0 Å². The minimum atomic E-state index is -2.80. The van der Waals surface area contributed by atoms with Crippen molar-refractivity contribution in [2.75, 3.05) is 13.2 Å². The molecule has 0 saturated carbocycles. The number of benzene rings is 2. The summed E-state index contributed by atoms with van der Waals surface area (Å²) >= 11 is 6.44. The molecule has 0 aliphatic heterocycles. The van der Waals surface area contributed by atoms with Crippen LogP contribution in [0.2, 0.25) is 5.02 Å². The van der Waals surface area contributed by atoms with E-state index in [0.29, 0.717) is 13.0 Å². The van der Waals surface area contributed by atoms with Crippen molar-refractivity contribution in [2.45, 2.75) is 51.5 Å². The van der Waals surface area contributed by atoms with Gasteiger partial charge in [-0.2, -0.15) is 0 Å². The smallest absolute Gasteiger partial charge is 0.316 e. The lowest BCUT2D eigenvalue weighted by Crippen LogP contribution is -2.16. The van der Waals surface area contributed by atoms with Gasteiger partial charge in [0, 0.05) is 11.6 Å². The van der Waals surface area contributed by atoms with E-state index in [-0.39, 0.29) is 0 Å². The molecule has 4 nitrogen and oxygen atoms in total. The molecule has 0 heterocycles. The first-order valence-electron chi connectivity index (χ1n) is 10.0. The molecule has 0 amide bonds. The van der Waals surface area contributed by atoms with Crippen LogP contribution in [0.3, 0.4) is 0 Å². The summed E-state index contributed by atoms with van der Waals surface area (Å²) in [5.74, 6) is 0. The maximum atomic E-state index is 10.4. The van der Waals surface area contributed by atoms with Crippen LogP contribution in [0.5, 0.6) is 0 Å². The third-order valence-corrected chi connectivity index (χ3v) is 5.48. The Morgan fingerprint density at radius 3 is 2.39 bits per heavy atom. The summed E-state index contributed by atoms with van der Waals surface area (Å²) in [6.45, 7) is 1.76. The van der Waals surface area contributed by atoms with Gasteiger partial charge in [-0.25, -0.2) is 0 Å². The number of aryl methyl sites for hydroxylation is 2. The molecule has 1 atom stereocenters. The molecule has 6 heteroatoms. The molecule has 1 unspecified atom stereocenters. The molecule has 2 aromatic carbocycles. The molecular formula is C22H31ClNO3P. The van der Waals surface area contributed by atoms with Gasteiger partial charge in [0.1, 0.15) is 0 Å². The molecule has 0 fully saturated rings. The predicted molar refractivity (Wildman–Crippen MR) is 117 cm³/mol. The lowest BCUT2D eigenvalue weighted by atomic mass is 10.0. The number of hydrogen-bond acceptors (Lipinski definition) is 3. The third kappa shape index (κ3) is 9.86. The van der Waals surface area contributed by atoms with Gasteiger partial charge in [0.15, 0.2) is 0 Å². The van der Waals surface area contributed by atoms with Crippen molar-refractivity contribution in [3.8, 4) is 0 Å². The summed E-state index contributed by atoms with van der Waals surface area (Å²) < 4.78 is 15.1. The van der Waals surface area contributed by atoms with E-state index in [4.69, 9.17) is 16.5 Å². The average Bonchev–Trinajstić information content (AvgIpc) is 2.69. The van der Waals surface area contributed by atoms with Gasteiger partial charge in [-0.15, -0.1) is 0 Å². The third-order valence-electron chi connectivity index (χ3n) is 4.67. The Hall–Kier alpha value is -1.16. The zero-order valence-electron chi connectivity index (χ0n) is 16.3. The Bertz CT molecular complexity index is 712. The highest BCUT2D eigenvalue weighted by atomic mass is 35.5. The van der Waals surface area contributed by atoms with Crippen LogP contribution in [-0.4, -0.2) is 18.0 Å². The molecule has 0 aliphatic carbocycles. The topological polar surface area (TPSA) is 58.6 Å². The van der Waals surface area contributed by atoms with Crippen molar-refractivity contribution in [1.29, 1.82) is 0 Å². The molecule has 154 valence electrons. The van der Waals surface area contributed by atoms with Crippen LogP contribution in [0, 0.1) is 0 Å². The molecule has 28 heavy (non-hydrogen) atoms. The van der Waals surface area contributed by atoms with Crippen molar-refractivity contribution >= 4 is 19.9 Å². The maximum absolute atomic E-state index is 10.4. The Morgan fingerprint density at radius 1 is 0.929 bits per heavy atom. The lowest BCUT2D eigenvalue weighted by molar-refractivity contribution is 0.276. The first-order valence-corrected chi connectivity index (χ1v) is 11.7. The zero-order valence-corrected chi connectivity index (χ0v) is 18.1. The van der Waals surface area contributed by atoms with Crippen LogP contribution in [-0.2, 0) is 28.5 Å². The van der Waals surface area contributed by atoms with Crippen molar-refractivity contribution in [1.82, 2.24) is 5.32 Å². The lowest BCUT2D eigenvalue weighted by Gasteiger charge is -2.09. The number of halogens is 1. The Labute approximate surface area is 174 Å². The second-order valence-electron chi connectivity index (χ2n) is 6.97. The van der Waals surface area contributed by atoms with E-state index < -0.39 is 8.25 Å². The van der Waals surface area contributed by atoms with Gasteiger partial charge in [0.2, 0.25) is 0 Å². The highest BCUT2D eigenvalue weighted by molar-refractivity contribution is 7.32. The van der Waals surface area contributed by atoms with E-state index >= 15 is 0 Å². The van der Waals surface area contributed by atoms with Crippen LogP contribution in [0.15, 0.2) is 48.5 Å². The summed E-state index contributed by atoms with van der Waals surface area (Å²) in [5.41, 5.74) is 3.79. The fourth-order valence-electron chi connectivity index (χ4n) is 3.14. The monoisotopic (exact) mass is 423 g/mol. The highest BCUT2D eigenvalue weighted by Crippen LogP contribution is 2.21. The van der Waals surface area contributed by atoms with Crippen molar-refractivity contribution < 1.29 is 14.0 Å². The zero-order chi connectivity index (χ0) is 20.0. The standard InChI is InChI=1S/C22H31ClNO3P/c23-22-17-20(18-24-15-8-16-27-28(25)26)13-14-21(22)12-7-2-1-4-9-19-10-5-3-6-11-19/h3,5-6,10-11,13-14,17,24,28H,1-2,4,7-9,12,15-16,18H2,(H,25,26). The molecule has 0 aromatic heterocycles. The van der Waals surface area contributed by atoms with Gasteiger partial charge in [0.25, 0.3) is 0 Å². The van der Waals surface area contributed by atoms with E-state index in [1.807, 2.05) is 6.07 Å². The van der Waals surface area contributed by atoms with E-state index in [1.54, 1.807) is 0 Å². The summed E-state index contributed by atoms with van der Waals surface area (Å²) in [5, 5.41) is 4.13. The van der Waals surface area contributed by atoms with Gasteiger partial charge in [-0.1, -0.05) is 66.9 Å². The molecule has 0 bridgehead atoms. The molecule has 0 saturated heterocycles. The number of unbranched alkanes of at least 4 members (excludes halogenated alkanes) is 3. The average molecular weight is 424 g/mol. The quantitative estimate of drug-likeness (QED) is 0.308. The fraction of sp³-hybridized carbons (Fsp3) is 0.455. The Kier molecular flexibility index (Phi) is 11.5. The second-order valence-corrected chi connectivity index (χ2v) is 8.20. The molecule has 2 aromatic rings. The van der Waals surface area contributed by atoms with Gasteiger partial charge in [0.05, 0.1) is 6.61 Å². The number of rotatable bonds is 14. The van der Waals surface area contributed by atoms with Crippen LogP contribution < -0.4 is 5.32 Å². The maximum Gasteiger partial charge on any atom is 0.316 e. The van der Waals surface area contributed by atoms with E-state index in [0.717, 1.165) is 36.5 Å². The van der Waals surface area contributed by atoms with Crippen molar-refractivity contribution in [2.24, 2.45) is 0 Å². The van der Waals surface area contributed by atoms with Crippen molar-refractivity contribution in [3.63, 3.8) is 0 Å². The first-order chi connectivity index (χ1) is 13.6. The summed E-state index contributed by atoms with van der Waals surface area (Å²) in [4.78, 5) is 8.58. The molecule has 0 spiro atoms. The van der Waals surface area contributed by atoms with Gasteiger partial charge >= 0.3 is 8.25 Å². The fourth-order valence-corrected chi connectivity index (χ4v) is 3.75. The minimum Gasteiger partial charge on any atom is -0.326 e. The van der Waals surface area contributed by atoms with Crippen LogP contribution in [0.4, 0.5) is 0 Å². The van der Waals surface area contributed by atoms with Crippen LogP contribution >= 0.6 is 19.9 Å². The predicted octanol–water partition coefficient (Wildman–Crippen LogP) is 5.56. The van der Waals surface area contributed by atoms with E-state index in [1.165, 1.54) is 36.8 Å². The molecule has 0 radical (unpaired) electrons. The largest absolute Gasteiger partial charge is 0.326 e. The Balaban J connectivity index is 1.58. The molecule has 0 aliphatic rings. The number of hydrogen-bond donors (Lipinski definition) is 2. The first kappa shape index (κ1) is 23.1. The SMILES string of the molecule is O=[PH](O)OCCCNCc1ccc(CCCCCCc2ccccc2)c(Cl)c1. The summed E-state index contributed by atoms with van der Waals surface area (Å²) in [7, 11) is -2.80. The second kappa shape index (κ2) is 13.9. The van der Waals surface area contributed by atoms with Crippen molar-refractivity contribution in [3.05, 3.63) is 70.2 Å². The van der Waals surface area contributed by atoms with Gasteiger partial charge < -0.3 is 14.7 Å². The molecule has 2 N–H and O–H groups in total. The Morgan fingerprint density at radius 2 is 1.68 bits per heavy atom. The summed E-state index contributed by atoms with van der Waals surface area (Å²) in [6.07, 6.45) is 7.78. The van der Waals surface area contributed by atoms with Gasteiger partial charge in [-0.05, 0) is 61.4 Å². The highest BCUT2D eigenvalue weighted by Gasteiger charge is 2.03. The van der Waals surface area contributed by atoms with E-state index in [9.17, 15) is 4.57 Å². The normalized spacial score (nSPS) is 12.2. The molecule has 2 rings (SSSR count). The molecular weight excluding hydrogens is 393 g/mol.